The van der Waals surface area contributed by atoms with Gasteiger partial charge in [0.15, 0.2) is 0 Å². The highest BCUT2D eigenvalue weighted by atomic mass is 19.1. The van der Waals surface area contributed by atoms with Crippen molar-refractivity contribution in [3.63, 3.8) is 0 Å². The topological polar surface area (TPSA) is 61.4 Å². The van der Waals surface area contributed by atoms with Gasteiger partial charge in [0.05, 0.1) is 6.10 Å². The maximum atomic E-state index is 13.1. The maximum absolute atomic E-state index is 13.1. The Hall–Kier alpha value is -3.18. The summed E-state index contributed by atoms with van der Waals surface area (Å²) in [5, 5.41) is 15.7. The van der Waals surface area contributed by atoms with Gasteiger partial charge in [0.1, 0.15) is 5.82 Å². The number of aryl methyl sites for hydroxylation is 1. The normalized spacial score (nSPS) is 15.4. The van der Waals surface area contributed by atoms with Gasteiger partial charge in [0.25, 0.3) is 0 Å². The van der Waals surface area contributed by atoms with E-state index in [1.54, 1.807) is 12.1 Å². The van der Waals surface area contributed by atoms with Crippen LogP contribution in [0, 0.1) is 5.82 Å². The standard InChI is InChI=1S/C24H23FN2O2/c25-20-11-8-18(9-12-20)17-6-4-16(5-7-17)15-26-24(29)27-23-3-1-2-19-10-13-21(28)14-22(19)23/h1-9,11-12,21,28H,10,13-15H2,(H2,26,27,29). The van der Waals surface area contributed by atoms with Crippen molar-refractivity contribution in [3.05, 3.63) is 89.2 Å². The molecule has 0 radical (unpaired) electrons. The zero-order valence-corrected chi connectivity index (χ0v) is 16.0. The third-order valence-corrected chi connectivity index (χ3v) is 5.29. The molecule has 1 aliphatic rings. The van der Waals surface area contributed by atoms with Gasteiger partial charge in [-0.3, -0.25) is 0 Å². The monoisotopic (exact) mass is 390 g/mol. The van der Waals surface area contributed by atoms with Crippen LogP contribution in [-0.4, -0.2) is 17.2 Å². The van der Waals surface area contributed by atoms with Crippen LogP contribution in [0.5, 0.6) is 0 Å². The molecule has 0 saturated heterocycles. The Morgan fingerprint density at radius 3 is 2.41 bits per heavy atom. The van der Waals surface area contributed by atoms with Crippen molar-refractivity contribution >= 4 is 11.7 Å². The molecule has 0 heterocycles. The van der Waals surface area contributed by atoms with Crippen LogP contribution in [0.25, 0.3) is 11.1 Å². The molecular formula is C24H23FN2O2. The number of aliphatic hydroxyl groups excluding tert-OH is 1. The first-order valence-electron chi connectivity index (χ1n) is 9.77. The minimum absolute atomic E-state index is 0.255. The lowest BCUT2D eigenvalue weighted by molar-refractivity contribution is 0.159. The largest absolute Gasteiger partial charge is 0.393 e. The lowest BCUT2D eigenvalue weighted by Gasteiger charge is -2.23. The summed E-state index contributed by atoms with van der Waals surface area (Å²) < 4.78 is 13.1. The van der Waals surface area contributed by atoms with Gasteiger partial charge >= 0.3 is 6.03 Å². The quantitative estimate of drug-likeness (QED) is 0.607. The van der Waals surface area contributed by atoms with E-state index in [2.05, 4.69) is 10.6 Å². The predicted octanol–water partition coefficient (Wildman–Crippen LogP) is 4.66. The van der Waals surface area contributed by atoms with Gasteiger partial charge < -0.3 is 15.7 Å². The number of aliphatic hydroxyl groups is 1. The fourth-order valence-electron chi connectivity index (χ4n) is 3.69. The van der Waals surface area contributed by atoms with E-state index in [-0.39, 0.29) is 18.0 Å². The number of anilines is 1. The van der Waals surface area contributed by atoms with E-state index in [9.17, 15) is 14.3 Å². The van der Waals surface area contributed by atoms with Crippen molar-refractivity contribution in [1.29, 1.82) is 0 Å². The van der Waals surface area contributed by atoms with E-state index in [1.807, 2.05) is 42.5 Å². The molecule has 0 aromatic heterocycles. The molecule has 29 heavy (non-hydrogen) atoms. The van der Waals surface area contributed by atoms with Crippen molar-refractivity contribution in [3.8, 4) is 11.1 Å². The van der Waals surface area contributed by atoms with E-state index in [1.165, 1.54) is 17.7 Å². The SMILES string of the molecule is O=C(NCc1ccc(-c2ccc(F)cc2)cc1)Nc1cccc2c1CC(O)CC2. The van der Waals surface area contributed by atoms with Crippen LogP contribution in [0.4, 0.5) is 14.9 Å². The number of hydrogen-bond acceptors (Lipinski definition) is 2. The first-order valence-corrected chi connectivity index (χ1v) is 9.77. The number of nitrogens with one attached hydrogen (secondary N) is 2. The van der Waals surface area contributed by atoms with Gasteiger partial charge in [0, 0.05) is 18.7 Å². The number of urea groups is 1. The van der Waals surface area contributed by atoms with E-state index < -0.39 is 0 Å². The summed E-state index contributed by atoms with van der Waals surface area (Å²) >= 11 is 0. The Morgan fingerprint density at radius 1 is 1.00 bits per heavy atom. The molecule has 0 saturated carbocycles. The van der Waals surface area contributed by atoms with E-state index in [0.29, 0.717) is 13.0 Å². The average molecular weight is 390 g/mol. The van der Waals surface area contributed by atoms with Gasteiger partial charge in [-0.05, 0) is 58.9 Å². The Morgan fingerprint density at radius 2 is 1.69 bits per heavy atom. The summed E-state index contributed by atoms with van der Waals surface area (Å²) in [6, 6.07) is 19.7. The Kier molecular flexibility index (Phi) is 5.58. The Bertz CT molecular complexity index is 1000. The van der Waals surface area contributed by atoms with Crippen LogP contribution in [0.2, 0.25) is 0 Å². The highest BCUT2D eigenvalue weighted by Gasteiger charge is 2.19. The van der Waals surface area contributed by atoms with Crippen molar-refractivity contribution in [2.75, 3.05) is 5.32 Å². The van der Waals surface area contributed by atoms with Crippen LogP contribution < -0.4 is 10.6 Å². The summed E-state index contributed by atoms with van der Waals surface area (Å²) in [6.45, 7) is 0.396. The van der Waals surface area contributed by atoms with E-state index in [0.717, 1.165) is 40.8 Å². The Labute approximate surface area is 169 Å². The summed E-state index contributed by atoms with van der Waals surface area (Å²) in [4.78, 5) is 12.4. The zero-order valence-electron chi connectivity index (χ0n) is 16.0. The molecule has 2 amide bonds. The minimum Gasteiger partial charge on any atom is -0.393 e. The van der Waals surface area contributed by atoms with Crippen molar-refractivity contribution < 1.29 is 14.3 Å². The number of benzene rings is 3. The van der Waals surface area contributed by atoms with Crippen molar-refractivity contribution in [2.24, 2.45) is 0 Å². The maximum Gasteiger partial charge on any atom is 0.319 e. The van der Waals surface area contributed by atoms with Crippen LogP contribution in [-0.2, 0) is 19.4 Å². The van der Waals surface area contributed by atoms with Crippen LogP contribution in [0.1, 0.15) is 23.1 Å². The summed E-state index contributed by atoms with van der Waals surface area (Å²) in [6.07, 6.45) is 1.80. The average Bonchev–Trinajstić information content (AvgIpc) is 2.74. The van der Waals surface area contributed by atoms with Crippen LogP contribution in [0.15, 0.2) is 66.7 Å². The van der Waals surface area contributed by atoms with Crippen molar-refractivity contribution in [1.82, 2.24) is 5.32 Å². The number of halogens is 1. The second-order valence-corrected chi connectivity index (χ2v) is 7.35. The number of amides is 2. The molecule has 4 rings (SSSR count). The third-order valence-electron chi connectivity index (χ3n) is 5.29. The smallest absolute Gasteiger partial charge is 0.319 e. The highest BCUT2D eigenvalue weighted by Crippen LogP contribution is 2.28. The molecule has 0 fully saturated rings. The Balaban J connectivity index is 1.36. The number of carbonyl (C=O) groups excluding carboxylic acids is 1. The van der Waals surface area contributed by atoms with Gasteiger partial charge in [-0.15, -0.1) is 0 Å². The van der Waals surface area contributed by atoms with E-state index in [4.69, 9.17) is 0 Å². The number of rotatable bonds is 4. The first kappa shape index (κ1) is 19.2. The van der Waals surface area contributed by atoms with Gasteiger partial charge in [0.2, 0.25) is 0 Å². The number of fused-ring (bicyclic) bond motifs is 1. The molecule has 1 atom stereocenters. The van der Waals surface area contributed by atoms with Crippen LogP contribution >= 0.6 is 0 Å². The predicted molar refractivity (Wildman–Crippen MR) is 112 cm³/mol. The second kappa shape index (κ2) is 8.45. The van der Waals surface area contributed by atoms with Gasteiger partial charge in [-0.25, -0.2) is 9.18 Å². The first-order chi connectivity index (χ1) is 14.1. The fraction of sp³-hybridized carbons (Fsp3) is 0.208. The minimum atomic E-state index is -0.354. The van der Waals surface area contributed by atoms with Gasteiger partial charge in [-0.2, -0.15) is 0 Å². The molecule has 0 bridgehead atoms. The molecule has 4 nitrogen and oxygen atoms in total. The fourth-order valence-corrected chi connectivity index (χ4v) is 3.69. The van der Waals surface area contributed by atoms with Gasteiger partial charge in [-0.1, -0.05) is 48.5 Å². The molecule has 3 N–H and O–H groups in total. The molecule has 3 aromatic rings. The van der Waals surface area contributed by atoms with E-state index >= 15 is 0 Å². The third kappa shape index (κ3) is 4.63. The van der Waals surface area contributed by atoms with Crippen LogP contribution in [0.3, 0.4) is 0 Å². The molecule has 0 spiro atoms. The molecular weight excluding hydrogens is 367 g/mol. The summed E-state index contributed by atoms with van der Waals surface area (Å²) in [5.41, 5.74) is 5.86. The molecule has 0 aliphatic heterocycles. The summed E-state index contributed by atoms with van der Waals surface area (Å²) in [5.74, 6) is -0.255. The molecule has 1 aliphatic carbocycles. The number of carbonyl (C=O) groups is 1. The lowest BCUT2D eigenvalue weighted by Crippen LogP contribution is -2.29. The van der Waals surface area contributed by atoms with Crippen molar-refractivity contribution in [2.45, 2.75) is 31.9 Å². The highest BCUT2D eigenvalue weighted by molar-refractivity contribution is 5.90. The lowest BCUT2D eigenvalue weighted by atomic mass is 9.88. The molecule has 5 heteroatoms. The molecule has 1 unspecified atom stereocenters. The molecule has 3 aromatic carbocycles. The summed E-state index contributed by atoms with van der Waals surface area (Å²) in [7, 11) is 0. The molecule has 148 valence electrons. The second-order valence-electron chi connectivity index (χ2n) is 7.35. The number of hydrogen-bond donors (Lipinski definition) is 3. The zero-order chi connectivity index (χ0) is 20.2.